The SMILES string of the molecule is O=C(NC1CC(O)C12CCOCC2)[C@@H]1C[C@@]1(C(=O)[O-])c1ccccc1.[Na+]. The Morgan fingerprint density at radius 1 is 1.19 bits per heavy atom. The number of carbonyl (C=O) groups is 2. The zero-order valence-electron chi connectivity index (χ0n) is 14.9. The second kappa shape index (κ2) is 7.24. The van der Waals surface area contributed by atoms with Crippen LogP contribution in [0.5, 0.6) is 0 Å². The summed E-state index contributed by atoms with van der Waals surface area (Å²) in [5.41, 5.74) is -0.930. The molecule has 4 rings (SSSR count). The Bertz CT molecular complexity index is 690. The molecule has 2 unspecified atom stereocenters. The van der Waals surface area contributed by atoms with Crippen LogP contribution >= 0.6 is 0 Å². The summed E-state index contributed by atoms with van der Waals surface area (Å²) < 4.78 is 5.37. The Labute approximate surface area is 174 Å². The van der Waals surface area contributed by atoms with Crippen LogP contribution in [0.2, 0.25) is 0 Å². The predicted molar refractivity (Wildman–Crippen MR) is 86.3 cm³/mol. The summed E-state index contributed by atoms with van der Waals surface area (Å²) in [4.78, 5) is 24.5. The molecule has 2 N–H and O–H groups in total. The molecule has 0 aromatic heterocycles. The van der Waals surface area contributed by atoms with Gasteiger partial charge >= 0.3 is 29.6 Å². The second-order valence-electron chi connectivity index (χ2n) is 7.54. The number of benzene rings is 1. The first-order chi connectivity index (χ1) is 12.0. The van der Waals surface area contributed by atoms with Crippen LogP contribution in [0.25, 0.3) is 0 Å². The fraction of sp³-hybridized carbons (Fsp3) is 0.579. The van der Waals surface area contributed by atoms with Crippen molar-refractivity contribution in [3.63, 3.8) is 0 Å². The summed E-state index contributed by atoms with van der Waals surface area (Å²) in [6.45, 7) is 1.17. The monoisotopic (exact) mass is 367 g/mol. The van der Waals surface area contributed by atoms with Crippen molar-refractivity contribution in [3.05, 3.63) is 35.9 Å². The van der Waals surface area contributed by atoms with Crippen molar-refractivity contribution < 1.29 is 54.1 Å². The third-order valence-electron chi connectivity index (χ3n) is 6.49. The van der Waals surface area contributed by atoms with Gasteiger partial charge in [-0.15, -0.1) is 0 Å². The molecule has 2 saturated carbocycles. The molecule has 6 nitrogen and oxygen atoms in total. The number of amides is 1. The summed E-state index contributed by atoms with van der Waals surface area (Å²) in [6, 6.07) is 8.70. The normalized spacial score (nSPS) is 34.3. The topological polar surface area (TPSA) is 98.7 Å². The van der Waals surface area contributed by atoms with Crippen molar-refractivity contribution in [3.8, 4) is 0 Å². The van der Waals surface area contributed by atoms with Gasteiger partial charge in [0.2, 0.25) is 5.91 Å². The molecule has 1 heterocycles. The minimum atomic E-state index is -1.23. The maximum Gasteiger partial charge on any atom is 1.00 e. The average Bonchev–Trinajstić information content (AvgIpc) is 3.40. The Morgan fingerprint density at radius 3 is 2.42 bits per heavy atom. The van der Waals surface area contributed by atoms with Crippen molar-refractivity contribution in [2.24, 2.45) is 11.3 Å². The second-order valence-corrected chi connectivity index (χ2v) is 7.54. The summed E-state index contributed by atoms with van der Waals surface area (Å²) >= 11 is 0. The van der Waals surface area contributed by atoms with Crippen LogP contribution in [0.4, 0.5) is 0 Å². The molecule has 3 aliphatic rings. The molecule has 0 radical (unpaired) electrons. The Kier molecular flexibility index (Phi) is 5.53. The van der Waals surface area contributed by atoms with E-state index in [-0.39, 0.29) is 53.3 Å². The number of ether oxygens (including phenoxy) is 1. The Morgan fingerprint density at radius 2 is 1.85 bits per heavy atom. The van der Waals surface area contributed by atoms with Gasteiger partial charge in [0.15, 0.2) is 0 Å². The van der Waals surface area contributed by atoms with Gasteiger partial charge in [0.25, 0.3) is 0 Å². The van der Waals surface area contributed by atoms with E-state index in [1.165, 1.54) is 0 Å². The van der Waals surface area contributed by atoms with Crippen LogP contribution in [0.1, 0.15) is 31.2 Å². The van der Waals surface area contributed by atoms with Gasteiger partial charge in [-0.1, -0.05) is 30.3 Å². The fourth-order valence-corrected chi connectivity index (χ4v) is 4.65. The Balaban J connectivity index is 0.00000196. The van der Waals surface area contributed by atoms with Crippen LogP contribution < -0.4 is 40.0 Å². The maximum atomic E-state index is 12.7. The van der Waals surface area contributed by atoms with Crippen molar-refractivity contribution in [1.82, 2.24) is 5.32 Å². The van der Waals surface area contributed by atoms with Crippen molar-refractivity contribution in [1.29, 1.82) is 0 Å². The Hall–Kier alpha value is -0.920. The first-order valence-corrected chi connectivity index (χ1v) is 8.84. The van der Waals surface area contributed by atoms with E-state index in [1.807, 2.05) is 6.07 Å². The smallest absolute Gasteiger partial charge is 0.549 e. The van der Waals surface area contributed by atoms with E-state index in [4.69, 9.17) is 4.74 Å². The van der Waals surface area contributed by atoms with Crippen molar-refractivity contribution in [2.75, 3.05) is 13.2 Å². The zero-order chi connectivity index (χ0) is 17.7. The first kappa shape index (κ1) is 19.8. The zero-order valence-corrected chi connectivity index (χ0v) is 16.9. The van der Waals surface area contributed by atoms with Gasteiger partial charge in [-0.3, -0.25) is 4.79 Å². The molecule has 134 valence electrons. The minimum absolute atomic E-state index is 0. The molecule has 1 aliphatic heterocycles. The number of carboxylic acids is 1. The van der Waals surface area contributed by atoms with Crippen LogP contribution in [0.15, 0.2) is 30.3 Å². The molecule has 3 fully saturated rings. The van der Waals surface area contributed by atoms with Gasteiger partial charge in [0, 0.05) is 30.1 Å². The molecule has 4 atom stereocenters. The molecule has 1 amide bonds. The number of nitrogens with one attached hydrogen (secondary N) is 1. The van der Waals surface area contributed by atoms with E-state index < -0.39 is 23.4 Å². The minimum Gasteiger partial charge on any atom is -0.549 e. The quantitative estimate of drug-likeness (QED) is 0.545. The van der Waals surface area contributed by atoms with E-state index in [1.54, 1.807) is 24.3 Å². The van der Waals surface area contributed by atoms with Crippen LogP contribution in [-0.4, -0.2) is 42.3 Å². The molecule has 1 spiro atoms. The third-order valence-corrected chi connectivity index (χ3v) is 6.49. The van der Waals surface area contributed by atoms with E-state index in [2.05, 4.69) is 5.32 Å². The number of aliphatic hydroxyl groups excluding tert-OH is 1. The molecule has 2 aliphatic carbocycles. The summed E-state index contributed by atoms with van der Waals surface area (Å²) in [5, 5.41) is 25.0. The number of hydrogen-bond acceptors (Lipinski definition) is 5. The van der Waals surface area contributed by atoms with Gasteiger partial charge in [-0.2, -0.15) is 0 Å². The van der Waals surface area contributed by atoms with E-state index >= 15 is 0 Å². The number of aliphatic carboxylic acids is 1. The molecular weight excluding hydrogens is 345 g/mol. The number of rotatable bonds is 4. The van der Waals surface area contributed by atoms with Gasteiger partial charge in [0.1, 0.15) is 0 Å². The maximum absolute atomic E-state index is 12.7. The number of carboxylic acid groups (broad SMARTS) is 1. The van der Waals surface area contributed by atoms with Gasteiger partial charge in [0.05, 0.1) is 18.0 Å². The number of aliphatic hydroxyl groups is 1. The molecule has 1 aromatic rings. The van der Waals surface area contributed by atoms with E-state index in [0.717, 1.165) is 0 Å². The van der Waals surface area contributed by atoms with Crippen molar-refractivity contribution >= 4 is 11.9 Å². The van der Waals surface area contributed by atoms with Gasteiger partial charge in [-0.05, 0) is 31.2 Å². The number of hydrogen-bond donors (Lipinski definition) is 2. The van der Waals surface area contributed by atoms with Crippen molar-refractivity contribution in [2.45, 2.75) is 43.2 Å². The van der Waals surface area contributed by atoms with Crippen LogP contribution in [0.3, 0.4) is 0 Å². The van der Waals surface area contributed by atoms with Gasteiger partial charge in [-0.25, -0.2) is 0 Å². The van der Waals surface area contributed by atoms with Gasteiger partial charge < -0.3 is 25.1 Å². The number of carbonyl (C=O) groups excluding carboxylic acids is 2. The summed E-state index contributed by atoms with van der Waals surface area (Å²) in [5.74, 6) is -2.07. The molecule has 0 bridgehead atoms. The standard InChI is InChI=1S/C19H23NO5.Na/c21-15-10-14(18(15)6-8-25-9-7-18)20-16(22)13-11-19(13,17(23)24)12-4-2-1-3-5-12;/h1-5,13-15,21H,6-11H2,(H,20,22)(H,23,24);/q;+1/p-1/t13-,14?,15?,19+;/m0./s1. The first-order valence-electron chi connectivity index (χ1n) is 8.84. The van der Waals surface area contributed by atoms with E-state index in [0.29, 0.717) is 38.0 Å². The molecule has 1 aromatic carbocycles. The van der Waals surface area contributed by atoms with Crippen LogP contribution in [0, 0.1) is 11.3 Å². The fourth-order valence-electron chi connectivity index (χ4n) is 4.65. The molecular formula is C19H22NNaO5. The molecule has 26 heavy (non-hydrogen) atoms. The largest absolute Gasteiger partial charge is 1.00 e. The predicted octanol–water partition coefficient (Wildman–Crippen LogP) is -3.26. The summed E-state index contributed by atoms with van der Waals surface area (Å²) in [6.07, 6.45) is 1.78. The third kappa shape index (κ3) is 2.92. The van der Waals surface area contributed by atoms with Crippen LogP contribution in [-0.2, 0) is 19.7 Å². The average molecular weight is 367 g/mol. The molecule has 1 saturated heterocycles. The summed E-state index contributed by atoms with van der Waals surface area (Å²) in [7, 11) is 0. The molecule has 7 heteroatoms. The van der Waals surface area contributed by atoms with E-state index in [9.17, 15) is 19.8 Å².